The highest BCUT2D eigenvalue weighted by Gasteiger charge is 2.38. The highest BCUT2D eigenvalue weighted by molar-refractivity contribution is 8.26. The van der Waals surface area contributed by atoms with Gasteiger partial charge in [0.25, 0.3) is 11.5 Å². The summed E-state index contributed by atoms with van der Waals surface area (Å²) in [5.74, 6) is 1.63. The molecule has 2 unspecified atom stereocenters. The number of thioether (sulfide) groups is 1. The average Bonchev–Trinajstić information content (AvgIpc) is 3.37. The van der Waals surface area contributed by atoms with E-state index >= 15 is 0 Å². The Morgan fingerprint density at radius 2 is 1.85 bits per heavy atom. The third kappa shape index (κ3) is 4.12. The van der Waals surface area contributed by atoms with Crippen molar-refractivity contribution < 1.29 is 4.79 Å². The monoisotopic (exact) mass is 482 g/mol. The zero-order chi connectivity index (χ0) is 23.3. The molecule has 4 heterocycles. The fourth-order valence-electron chi connectivity index (χ4n) is 5.59. The molecule has 0 aromatic carbocycles. The quantitative estimate of drug-likeness (QED) is 0.470. The number of hydrogen-bond acceptors (Lipinski definition) is 6. The lowest BCUT2D eigenvalue weighted by Crippen LogP contribution is -2.41. The average molecular weight is 483 g/mol. The number of aryl methyl sites for hydroxylation is 1. The fourth-order valence-corrected chi connectivity index (χ4v) is 6.97. The molecule has 0 spiro atoms. The van der Waals surface area contributed by atoms with Gasteiger partial charge in [-0.25, -0.2) is 4.98 Å². The van der Waals surface area contributed by atoms with Crippen molar-refractivity contribution in [1.29, 1.82) is 0 Å². The Bertz CT molecular complexity index is 1200. The third-order valence-electron chi connectivity index (χ3n) is 7.02. The largest absolute Gasteiger partial charge is 0.355 e. The van der Waals surface area contributed by atoms with Gasteiger partial charge in [0.15, 0.2) is 0 Å². The normalized spacial score (nSPS) is 25.7. The van der Waals surface area contributed by atoms with Crippen LogP contribution >= 0.6 is 24.0 Å². The first-order chi connectivity index (χ1) is 15.8. The molecule has 2 saturated heterocycles. The van der Waals surface area contributed by atoms with Crippen LogP contribution in [0.3, 0.4) is 0 Å². The second-order valence-corrected chi connectivity index (χ2v) is 11.6. The molecule has 1 amide bonds. The number of thiocarbonyl (C=S) groups is 1. The molecule has 5 rings (SSSR count). The van der Waals surface area contributed by atoms with Crippen LogP contribution in [0.2, 0.25) is 0 Å². The number of piperidine rings is 1. The maximum atomic E-state index is 13.7. The predicted octanol–water partition coefficient (Wildman–Crippen LogP) is 4.63. The summed E-state index contributed by atoms with van der Waals surface area (Å²) in [6, 6.07) is 4.02. The van der Waals surface area contributed by atoms with Gasteiger partial charge in [-0.05, 0) is 55.7 Å². The van der Waals surface area contributed by atoms with Gasteiger partial charge >= 0.3 is 0 Å². The van der Waals surface area contributed by atoms with E-state index in [1.807, 2.05) is 19.1 Å². The van der Waals surface area contributed by atoms with Gasteiger partial charge in [-0.3, -0.25) is 18.9 Å². The van der Waals surface area contributed by atoms with Crippen LogP contribution in [0.5, 0.6) is 0 Å². The molecule has 8 heteroatoms. The van der Waals surface area contributed by atoms with Crippen molar-refractivity contribution in [2.75, 3.05) is 18.0 Å². The second-order valence-electron chi connectivity index (χ2n) is 9.88. The van der Waals surface area contributed by atoms with Crippen LogP contribution in [0.4, 0.5) is 5.82 Å². The number of hydrogen-bond donors (Lipinski definition) is 0. The maximum absolute atomic E-state index is 13.7. The molecule has 2 atom stereocenters. The molecular formula is C25H30N4O2S2. The van der Waals surface area contributed by atoms with E-state index in [4.69, 9.17) is 17.2 Å². The Morgan fingerprint density at radius 3 is 2.55 bits per heavy atom. The van der Waals surface area contributed by atoms with E-state index in [-0.39, 0.29) is 17.5 Å². The summed E-state index contributed by atoms with van der Waals surface area (Å²) in [6.07, 6.45) is 8.91. The van der Waals surface area contributed by atoms with Gasteiger partial charge in [0.1, 0.15) is 15.8 Å². The number of amides is 1. The van der Waals surface area contributed by atoms with Crippen LogP contribution in [0.1, 0.15) is 57.1 Å². The standard InChI is InChI=1S/C25H30N4O2S2/c1-15-11-16(2)14-27(13-15)22-19(23(30)28-10-6-7-17(3)21(28)26-22)12-20-24(31)29(25(32)33-20)18-8-4-5-9-18/h6-7,10,12,15-16,18H,4-5,8-9,11,13-14H2,1-3H3. The van der Waals surface area contributed by atoms with Gasteiger partial charge in [0, 0.05) is 25.3 Å². The molecule has 1 aliphatic carbocycles. The highest BCUT2D eigenvalue weighted by Crippen LogP contribution is 2.38. The SMILES string of the molecule is Cc1cccn2c(=O)c(C=C3SC(=S)N(C4CCCC4)C3=O)c(N3CC(C)CC(C)C3)nc12. The van der Waals surface area contributed by atoms with Crippen molar-refractivity contribution in [3.63, 3.8) is 0 Å². The van der Waals surface area contributed by atoms with Gasteiger partial charge in [-0.1, -0.05) is 56.7 Å². The van der Waals surface area contributed by atoms with Gasteiger partial charge in [-0.15, -0.1) is 0 Å². The van der Waals surface area contributed by atoms with Crippen molar-refractivity contribution in [1.82, 2.24) is 14.3 Å². The lowest BCUT2D eigenvalue weighted by atomic mass is 9.91. The molecule has 174 valence electrons. The lowest BCUT2D eigenvalue weighted by Gasteiger charge is -2.36. The number of aromatic nitrogens is 2. The summed E-state index contributed by atoms with van der Waals surface area (Å²) in [6.45, 7) is 8.16. The van der Waals surface area contributed by atoms with Gasteiger partial charge in [0.05, 0.1) is 10.5 Å². The number of anilines is 1. The Balaban J connectivity index is 1.64. The van der Waals surface area contributed by atoms with Crippen molar-refractivity contribution in [3.05, 3.63) is 44.7 Å². The first kappa shape index (κ1) is 22.6. The topological polar surface area (TPSA) is 57.9 Å². The van der Waals surface area contributed by atoms with E-state index in [0.29, 0.717) is 38.1 Å². The van der Waals surface area contributed by atoms with E-state index in [1.54, 1.807) is 21.6 Å². The number of fused-ring (bicyclic) bond motifs is 1. The van der Waals surface area contributed by atoms with Crippen LogP contribution in [-0.2, 0) is 4.79 Å². The van der Waals surface area contributed by atoms with Gasteiger partial charge in [-0.2, -0.15) is 0 Å². The fraction of sp³-hybridized carbons (Fsp3) is 0.520. The second kappa shape index (κ2) is 8.87. The van der Waals surface area contributed by atoms with E-state index in [0.717, 1.165) is 50.8 Å². The summed E-state index contributed by atoms with van der Waals surface area (Å²) in [5, 5.41) is 0. The zero-order valence-corrected chi connectivity index (χ0v) is 21.0. The number of nitrogens with zero attached hydrogens (tertiary/aromatic N) is 4. The molecule has 3 fully saturated rings. The third-order valence-corrected chi connectivity index (χ3v) is 8.35. The minimum atomic E-state index is -0.143. The van der Waals surface area contributed by atoms with E-state index in [9.17, 15) is 9.59 Å². The zero-order valence-electron chi connectivity index (χ0n) is 19.4. The smallest absolute Gasteiger partial charge is 0.267 e. The molecule has 2 aromatic heterocycles. The molecule has 6 nitrogen and oxygen atoms in total. The van der Waals surface area contributed by atoms with Gasteiger partial charge in [0.2, 0.25) is 0 Å². The Hall–Kier alpha value is -2.19. The molecule has 2 aliphatic heterocycles. The van der Waals surface area contributed by atoms with Crippen molar-refractivity contribution in [2.45, 2.75) is 58.9 Å². The molecule has 3 aliphatic rings. The Kier molecular flexibility index (Phi) is 6.07. The summed E-state index contributed by atoms with van der Waals surface area (Å²) in [5.41, 5.74) is 1.95. The first-order valence-corrected chi connectivity index (χ1v) is 13.1. The molecule has 1 saturated carbocycles. The number of carbonyl (C=O) groups is 1. The van der Waals surface area contributed by atoms with Crippen LogP contribution in [0.15, 0.2) is 28.0 Å². The van der Waals surface area contributed by atoms with Crippen LogP contribution in [0.25, 0.3) is 11.7 Å². The molecule has 0 bridgehead atoms. The summed E-state index contributed by atoms with van der Waals surface area (Å²) < 4.78 is 2.20. The molecular weight excluding hydrogens is 452 g/mol. The number of rotatable bonds is 3. The van der Waals surface area contributed by atoms with E-state index in [1.165, 1.54) is 11.8 Å². The molecule has 0 N–H and O–H groups in total. The molecule has 33 heavy (non-hydrogen) atoms. The highest BCUT2D eigenvalue weighted by atomic mass is 32.2. The number of carbonyl (C=O) groups excluding carboxylic acids is 1. The van der Waals surface area contributed by atoms with Crippen LogP contribution < -0.4 is 10.5 Å². The minimum absolute atomic E-state index is 0.0723. The van der Waals surface area contributed by atoms with Crippen molar-refractivity contribution in [3.8, 4) is 0 Å². The summed E-state index contributed by atoms with van der Waals surface area (Å²) in [4.78, 5) is 36.6. The predicted molar refractivity (Wildman–Crippen MR) is 139 cm³/mol. The number of pyridine rings is 1. The van der Waals surface area contributed by atoms with Crippen LogP contribution in [0, 0.1) is 18.8 Å². The Morgan fingerprint density at radius 1 is 1.15 bits per heavy atom. The van der Waals surface area contributed by atoms with Gasteiger partial charge < -0.3 is 4.90 Å². The Labute approximate surface area is 204 Å². The van der Waals surface area contributed by atoms with Crippen LogP contribution in [-0.4, -0.2) is 43.6 Å². The van der Waals surface area contributed by atoms with E-state index in [2.05, 4.69) is 18.7 Å². The lowest BCUT2D eigenvalue weighted by molar-refractivity contribution is -0.123. The minimum Gasteiger partial charge on any atom is -0.355 e. The van der Waals surface area contributed by atoms with Crippen molar-refractivity contribution in [2.24, 2.45) is 11.8 Å². The summed E-state index contributed by atoms with van der Waals surface area (Å²) >= 11 is 6.89. The summed E-state index contributed by atoms with van der Waals surface area (Å²) in [7, 11) is 0. The van der Waals surface area contributed by atoms with Crippen molar-refractivity contribution >= 4 is 51.7 Å². The molecule has 2 aromatic rings. The maximum Gasteiger partial charge on any atom is 0.267 e. The first-order valence-electron chi connectivity index (χ1n) is 11.9. The molecule has 0 radical (unpaired) electrons. The van der Waals surface area contributed by atoms with E-state index < -0.39 is 0 Å².